The molecule has 2 aromatic heterocycles. The van der Waals surface area contributed by atoms with Crippen molar-refractivity contribution in [2.24, 2.45) is 10.9 Å². The van der Waals surface area contributed by atoms with Crippen molar-refractivity contribution in [1.82, 2.24) is 20.3 Å². The minimum atomic E-state index is -1.22. The molecule has 1 aliphatic heterocycles. The lowest BCUT2D eigenvalue weighted by Gasteiger charge is -2.35. The average molecular weight is 588 g/mol. The Bertz CT molecular complexity index is 1490. The van der Waals surface area contributed by atoms with Crippen LogP contribution in [0.25, 0.3) is 0 Å². The van der Waals surface area contributed by atoms with Gasteiger partial charge in [0.15, 0.2) is 22.5 Å². The minimum Gasteiger partial charge on any atom is -0.478 e. The first-order valence-corrected chi connectivity index (χ1v) is 13.9. The summed E-state index contributed by atoms with van der Waals surface area (Å²) in [4.78, 5) is 42.1. The van der Waals surface area contributed by atoms with Crippen LogP contribution in [-0.2, 0) is 9.53 Å². The number of amidine groups is 1. The van der Waals surface area contributed by atoms with E-state index in [9.17, 15) is 18.4 Å². The van der Waals surface area contributed by atoms with E-state index in [1.165, 1.54) is 29.8 Å². The Morgan fingerprint density at radius 2 is 1.82 bits per heavy atom. The van der Waals surface area contributed by atoms with Crippen LogP contribution in [0.4, 0.5) is 8.78 Å². The quantitative estimate of drug-likeness (QED) is 0.276. The molecule has 208 valence electrons. The lowest BCUT2D eigenvalue weighted by atomic mass is 9.77. The number of nitrogens with zero attached hydrogens (tertiary/aromatic N) is 4. The number of nitrogens with one attached hydrogen (secondary N) is 1. The van der Waals surface area contributed by atoms with Gasteiger partial charge in [-0.05, 0) is 44.6 Å². The molecule has 0 amide bonds. The molecule has 1 unspecified atom stereocenters. The van der Waals surface area contributed by atoms with Crippen LogP contribution < -0.4 is 5.32 Å². The number of carboxylic acids is 1. The molecular weight excluding hydrogens is 564 g/mol. The summed E-state index contributed by atoms with van der Waals surface area (Å²) in [6, 6.07) is 1.23. The van der Waals surface area contributed by atoms with E-state index in [0.717, 1.165) is 6.07 Å². The summed E-state index contributed by atoms with van der Waals surface area (Å²) in [7, 11) is 0. The number of benzene rings is 1. The number of carbonyl (C=O) groups excluding carboxylic acids is 1. The van der Waals surface area contributed by atoms with Gasteiger partial charge in [-0.2, -0.15) is 0 Å². The first kappa shape index (κ1) is 27.8. The molecule has 1 aliphatic carbocycles. The number of aliphatic imine (C=N–C) groups is 1. The fourth-order valence-electron chi connectivity index (χ4n) is 5.05. The van der Waals surface area contributed by atoms with E-state index < -0.39 is 34.6 Å². The molecule has 1 saturated carbocycles. The van der Waals surface area contributed by atoms with Gasteiger partial charge in [0.2, 0.25) is 0 Å². The Balaban J connectivity index is 1.52. The average Bonchev–Trinajstić information content (AvgIpc) is 3.51. The summed E-state index contributed by atoms with van der Waals surface area (Å²) >= 11 is 7.60. The number of aromatic nitrogens is 3. The Hall–Kier alpha value is -3.77. The van der Waals surface area contributed by atoms with Gasteiger partial charge in [0.05, 0.1) is 22.8 Å². The molecule has 0 saturated heterocycles. The number of carbonyl (C=O) groups is 2. The maximum absolute atomic E-state index is 14.6. The predicted molar refractivity (Wildman–Crippen MR) is 143 cm³/mol. The van der Waals surface area contributed by atoms with Crippen LogP contribution >= 0.6 is 22.9 Å². The van der Waals surface area contributed by atoms with Gasteiger partial charge >= 0.3 is 11.9 Å². The van der Waals surface area contributed by atoms with E-state index in [0.29, 0.717) is 48.0 Å². The van der Waals surface area contributed by atoms with Crippen molar-refractivity contribution in [2.45, 2.75) is 44.6 Å². The van der Waals surface area contributed by atoms with E-state index in [4.69, 9.17) is 26.4 Å². The second-order valence-corrected chi connectivity index (χ2v) is 10.6. The summed E-state index contributed by atoms with van der Waals surface area (Å²) in [5, 5.41) is 14.3. The lowest BCUT2D eigenvalue weighted by molar-refractivity contribution is -0.139. The normalized spacial score (nSPS) is 21.0. The lowest BCUT2D eigenvalue weighted by Crippen LogP contribution is -2.38. The molecule has 5 rings (SSSR count). The third-order valence-corrected chi connectivity index (χ3v) is 8.15. The molecule has 1 fully saturated rings. The van der Waals surface area contributed by atoms with Crippen LogP contribution in [-0.4, -0.2) is 44.4 Å². The number of allylic oxidation sites excluding steroid dienone is 1. The van der Waals surface area contributed by atoms with E-state index in [-0.39, 0.29) is 35.1 Å². The van der Waals surface area contributed by atoms with Gasteiger partial charge in [-0.15, -0.1) is 11.3 Å². The third-order valence-electron chi connectivity index (χ3n) is 6.98. The molecular formula is C27H24ClF2N5O4S. The van der Waals surface area contributed by atoms with Crippen LogP contribution in [0.15, 0.2) is 52.4 Å². The van der Waals surface area contributed by atoms with E-state index in [2.05, 4.69) is 20.3 Å². The number of carboxylic acid groups (broad SMARTS) is 1. The molecule has 2 aliphatic rings. The fourth-order valence-corrected chi connectivity index (χ4v) is 5.89. The van der Waals surface area contributed by atoms with Crippen LogP contribution in [0.5, 0.6) is 0 Å². The SMILES string of the molecule is CCOC(=O)C1=C([C@H]2CC[C@H](c3ncc(C(=O)O)cn3)CC2)NC(c2nccs2)=NC1c1ccc(F)c(F)c1Cl. The highest BCUT2D eigenvalue weighted by Gasteiger charge is 2.38. The zero-order valence-electron chi connectivity index (χ0n) is 21.2. The van der Waals surface area contributed by atoms with Crippen LogP contribution in [0.3, 0.4) is 0 Å². The monoisotopic (exact) mass is 587 g/mol. The Morgan fingerprint density at radius 1 is 1.12 bits per heavy atom. The molecule has 2 N–H and O–H groups in total. The predicted octanol–water partition coefficient (Wildman–Crippen LogP) is 5.45. The molecule has 0 radical (unpaired) electrons. The summed E-state index contributed by atoms with van der Waals surface area (Å²) in [5.74, 6) is -3.22. The highest BCUT2D eigenvalue weighted by Crippen LogP contribution is 2.43. The van der Waals surface area contributed by atoms with Gasteiger partial charge in [-0.25, -0.2) is 33.3 Å². The third kappa shape index (κ3) is 5.46. The fraction of sp³-hybridized carbons (Fsp3) is 0.333. The highest BCUT2D eigenvalue weighted by atomic mass is 35.5. The van der Waals surface area contributed by atoms with Gasteiger partial charge in [-0.3, -0.25) is 4.99 Å². The van der Waals surface area contributed by atoms with Crippen LogP contribution in [0, 0.1) is 17.6 Å². The number of hydrogen-bond acceptors (Lipinski definition) is 9. The van der Waals surface area contributed by atoms with Crippen LogP contribution in [0.1, 0.15) is 71.3 Å². The molecule has 1 atom stereocenters. The first-order valence-electron chi connectivity index (χ1n) is 12.6. The van der Waals surface area contributed by atoms with Crippen LogP contribution in [0.2, 0.25) is 5.02 Å². The molecule has 40 heavy (non-hydrogen) atoms. The van der Waals surface area contributed by atoms with Crippen molar-refractivity contribution >= 4 is 40.7 Å². The van der Waals surface area contributed by atoms with Crippen molar-refractivity contribution in [3.05, 3.63) is 86.0 Å². The second-order valence-electron chi connectivity index (χ2n) is 9.34. The number of rotatable bonds is 7. The molecule has 9 nitrogen and oxygen atoms in total. The number of aromatic carboxylic acids is 1. The maximum atomic E-state index is 14.6. The number of esters is 1. The molecule has 3 heterocycles. The Morgan fingerprint density at radius 3 is 2.45 bits per heavy atom. The molecule has 13 heteroatoms. The number of ether oxygens (including phenoxy) is 1. The Kier molecular flexibility index (Phi) is 8.17. The largest absolute Gasteiger partial charge is 0.478 e. The van der Waals surface area contributed by atoms with Crippen molar-refractivity contribution in [2.75, 3.05) is 6.61 Å². The highest BCUT2D eigenvalue weighted by molar-refractivity contribution is 7.11. The molecule has 3 aromatic rings. The smallest absolute Gasteiger partial charge is 0.338 e. The minimum absolute atomic E-state index is 0.0119. The van der Waals surface area contributed by atoms with E-state index >= 15 is 0 Å². The van der Waals surface area contributed by atoms with Crippen molar-refractivity contribution in [3.63, 3.8) is 0 Å². The van der Waals surface area contributed by atoms with E-state index in [1.54, 1.807) is 18.5 Å². The topological polar surface area (TPSA) is 127 Å². The summed E-state index contributed by atoms with van der Waals surface area (Å²) < 4.78 is 33.9. The Labute approximate surface area is 237 Å². The molecule has 1 aromatic carbocycles. The summed E-state index contributed by atoms with van der Waals surface area (Å²) in [5.41, 5.74) is 0.909. The van der Waals surface area contributed by atoms with Crippen molar-refractivity contribution < 1.29 is 28.2 Å². The van der Waals surface area contributed by atoms with E-state index in [1.807, 2.05) is 0 Å². The number of hydrogen-bond donors (Lipinski definition) is 2. The second kappa shape index (κ2) is 11.8. The zero-order valence-corrected chi connectivity index (χ0v) is 22.8. The number of thiazole rings is 1. The van der Waals surface area contributed by atoms with Gasteiger partial charge in [0, 0.05) is 41.1 Å². The first-order chi connectivity index (χ1) is 19.3. The number of halogens is 3. The van der Waals surface area contributed by atoms with Gasteiger partial charge < -0.3 is 15.2 Å². The zero-order chi connectivity index (χ0) is 28.4. The standard InChI is InChI=1S/C27H24ClF2N5O4S/c1-2-39-27(38)18-21(13-3-5-14(6-4-13)23-32-11-15(12-33-23)26(36)37)34-24(25-31-9-10-40-25)35-22(18)16-7-8-17(29)20(30)19(16)28/h7-14,22H,2-6H2,1H3,(H,34,35)(H,36,37)/t13-,14-,22?. The van der Waals surface area contributed by atoms with Crippen molar-refractivity contribution in [3.8, 4) is 0 Å². The molecule has 0 bridgehead atoms. The maximum Gasteiger partial charge on any atom is 0.338 e. The van der Waals surface area contributed by atoms with Gasteiger partial charge in [0.25, 0.3) is 0 Å². The summed E-state index contributed by atoms with van der Waals surface area (Å²) in [6.07, 6.45) is 6.86. The van der Waals surface area contributed by atoms with Gasteiger partial charge in [-0.1, -0.05) is 17.7 Å². The van der Waals surface area contributed by atoms with Crippen molar-refractivity contribution in [1.29, 1.82) is 0 Å². The summed E-state index contributed by atoms with van der Waals surface area (Å²) in [6.45, 7) is 1.78. The van der Waals surface area contributed by atoms with Gasteiger partial charge in [0.1, 0.15) is 11.9 Å². The molecule has 0 spiro atoms.